The molecule has 1 unspecified atom stereocenters. The van der Waals surface area contributed by atoms with Crippen LogP contribution in [0.3, 0.4) is 0 Å². The minimum Gasteiger partial charge on any atom is -0.467 e. The van der Waals surface area contributed by atoms with Crippen LogP contribution in [0.2, 0.25) is 0 Å². The van der Waals surface area contributed by atoms with Gasteiger partial charge in [0.05, 0.1) is 5.69 Å². The number of nitrogens with one attached hydrogen (secondary N) is 1. The summed E-state index contributed by atoms with van der Waals surface area (Å²) in [4.78, 5) is 0. The van der Waals surface area contributed by atoms with E-state index in [1.807, 2.05) is 54.6 Å². The van der Waals surface area contributed by atoms with Crippen molar-refractivity contribution in [2.24, 2.45) is 0 Å². The predicted octanol–water partition coefficient (Wildman–Crippen LogP) is 5.52. The van der Waals surface area contributed by atoms with Crippen molar-refractivity contribution in [3.8, 4) is 5.75 Å². The van der Waals surface area contributed by atoms with Gasteiger partial charge in [-0.3, -0.25) is 9.11 Å². The lowest BCUT2D eigenvalue weighted by atomic mass is 10.2. The fourth-order valence-corrected chi connectivity index (χ4v) is 5.80. The molecule has 0 bridgehead atoms. The number of benzene rings is 2. The maximum absolute atomic E-state index is 11.1. The number of rotatable bonds is 6. The van der Waals surface area contributed by atoms with E-state index in [0.29, 0.717) is 23.9 Å². The van der Waals surface area contributed by atoms with E-state index in [4.69, 9.17) is 4.74 Å². The molecule has 0 saturated heterocycles. The second-order valence-electron chi connectivity index (χ2n) is 7.28. The van der Waals surface area contributed by atoms with Gasteiger partial charge in [0.25, 0.3) is 0 Å². The van der Waals surface area contributed by atoms with E-state index in [9.17, 15) is 9.11 Å². The minimum atomic E-state index is -3.15. The van der Waals surface area contributed by atoms with Crippen molar-refractivity contribution in [1.29, 1.82) is 0 Å². The van der Waals surface area contributed by atoms with E-state index >= 15 is 0 Å². The fraction of sp³-hybridized carbons (Fsp3) is 0.429. The molecule has 0 amide bonds. The SMILES string of the molecule is OS1(O)C(CCCNC2CCCC2)Oc2ccccc2N1c1ccccc1. The van der Waals surface area contributed by atoms with Crippen LogP contribution in [0.5, 0.6) is 5.75 Å². The maximum Gasteiger partial charge on any atom is 0.206 e. The second kappa shape index (κ2) is 8.10. The van der Waals surface area contributed by atoms with Crippen LogP contribution in [0, 0.1) is 0 Å². The Labute approximate surface area is 162 Å². The zero-order valence-corrected chi connectivity index (χ0v) is 16.3. The van der Waals surface area contributed by atoms with Gasteiger partial charge < -0.3 is 10.1 Å². The van der Waals surface area contributed by atoms with Crippen LogP contribution >= 0.6 is 10.8 Å². The van der Waals surface area contributed by atoms with Gasteiger partial charge in [0.1, 0.15) is 11.4 Å². The summed E-state index contributed by atoms with van der Waals surface area (Å²) < 4.78 is 29.9. The smallest absolute Gasteiger partial charge is 0.206 e. The van der Waals surface area contributed by atoms with Gasteiger partial charge in [-0.2, -0.15) is 0 Å². The first-order valence-corrected chi connectivity index (χ1v) is 11.3. The van der Waals surface area contributed by atoms with Gasteiger partial charge >= 0.3 is 0 Å². The molecule has 1 fully saturated rings. The number of hydrogen-bond donors (Lipinski definition) is 3. The molecule has 1 aliphatic heterocycles. The Morgan fingerprint density at radius 3 is 2.48 bits per heavy atom. The molecule has 4 rings (SSSR count). The molecule has 1 aliphatic carbocycles. The zero-order valence-electron chi connectivity index (χ0n) is 15.5. The van der Waals surface area contributed by atoms with E-state index in [2.05, 4.69) is 5.32 Å². The van der Waals surface area contributed by atoms with Crippen molar-refractivity contribution in [1.82, 2.24) is 5.32 Å². The molecule has 0 spiro atoms. The highest BCUT2D eigenvalue weighted by atomic mass is 32.3. The average molecular weight is 389 g/mol. The first-order valence-electron chi connectivity index (χ1n) is 9.78. The Kier molecular flexibility index (Phi) is 5.59. The molecule has 2 aromatic rings. The molecule has 0 radical (unpaired) electrons. The Morgan fingerprint density at radius 1 is 1.00 bits per heavy atom. The molecule has 5 nitrogen and oxygen atoms in total. The van der Waals surface area contributed by atoms with Gasteiger partial charge in [-0.15, -0.1) is 0 Å². The van der Waals surface area contributed by atoms with Crippen LogP contribution in [-0.4, -0.2) is 27.1 Å². The van der Waals surface area contributed by atoms with Gasteiger partial charge in [0.2, 0.25) is 5.44 Å². The van der Waals surface area contributed by atoms with Crippen LogP contribution in [0.15, 0.2) is 54.6 Å². The van der Waals surface area contributed by atoms with Crippen LogP contribution in [0.1, 0.15) is 38.5 Å². The van der Waals surface area contributed by atoms with Gasteiger partial charge in [0.15, 0.2) is 0 Å². The summed E-state index contributed by atoms with van der Waals surface area (Å²) in [6, 6.07) is 17.7. The molecule has 2 aromatic carbocycles. The highest BCUT2D eigenvalue weighted by Gasteiger charge is 2.40. The molecule has 1 atom stereocenters. The van der Waals surface area contributed by atoms with Crippen molar-refractivity contribution in [2.75, 3.05) is 10.8 Å². The van der Waals surface area contributed by atoms with Gasteiger partial charge in [0, 0.05) is 12.5 Å². The first kappa shape index (κ1) is 18.6. The minimum absolute atomic E-state index is 0.597. The van der Waals surface area contributed by atoms with Crippen molar-refractivity contribution < 1.29 is 13.8 Å². The Hall–Kier alpha value is -1.73. The monoisotopic (exact) mass is 388 g/mol. The molecular formula is C21H28N2O3S. The fourth-order valence-electron chi connectivity index (χ4n) is 3.97. The molecule has 1 heterocycles. The number of hydrogen-bond acceptors (Lipinski definition) is 5. The summed E-state index contributed by atoms with van der Waals surface area (Å²) in [6.45, 7) is 0.882. The molecule has 3 N–H and O–H groups in total. The molecule has 2 aliphatic rings. The molecule has 6 heteroatoms. The summed E-state index contributed by atoms with van der Waals surface area (Å²) in [6.07, 6.45) is 6.58. The van der Waals surface area contributed by atoms with Crippen molar-refractivity contribution in [3.05, 3.63) is 54.6 Å². The quantitative estimate of drug-likeness (QED) is 0.569. The molecular weight excluding hydrogens is 360 g/mol. The molecule has 0 aromatic heterocycles. The van der Waals surface area contributed by atoms with E-state index < -0.39 is 16.2 Å². The third kappa shape index (κ3) is 3.94. The Balaban J connectivity index is 1.51. The summed E-state index contributed by atoms with van der Waals surface area (Å²) in [5, 5.41) is 3.59. The Morgan fingerprint density at radius 2 is 1.70 bits per heavy atom. The molecule has 1 saturated carbocycles. The van der Waals surface area contributed by atoms with Crippen molar-refractivity contribution in [3.63, 3.8) is 0 Å². The summed E-state index contributed by atoms with van der Waals surface area (Å²) >= 11 is 0. The lowest BCUT2D eigenvalue weighted by molar-refractivity contribution is 0.234. The summed E-state index contributed by atoms with van der Waals surface area (Å²) in [7, 11) is -3.15. The van der Waals surface area contributed by atoms with Crippen LogP contribution < -0.4 is 14.4 Å². The largest absolute Gasteiger partial charge is 0.467 e. The van der Waals surface area contributed by atoms with Gasteiger partial charge in [-0.05, 0) is 50.1 Å². The second-order valence-corrected chi connectivity index (χ2v) is 9.30. The highest BCUT2D eigenvalue weighted by Crippen LogP contribution is 2.61. The third-order valence-corrected chi connectivity index (χ3v) is 7.34. The lowest BCUT2D eigenvalue weighted by Crippen LogP contribution is -2.39. The van der Waals surface area contributed by atoms with Crippen molar-refractivity contribution >= 4 is 22.2 Å². The Bertz CT molecular complexity index is 750. The topological polar surface area (TPSA) is 65.0 Å². The lowest BCUT2D eigenvalue weighted by Gasteiger charge is -2.51. The number of ether oxygens (including phenoxy) is 1. The predicted molar refractivity (Wildman–Crippen MR) is 112 cm³/mol. The average Bonchev–Trinajstić information content (AvgIpc) is 3.19. The number of nitrogens with zero attached hydrogens (tertiary/aromatic N) is 1. The number of fused-ring (bicyclic) bond motifs is 1. The standard InChI is InChI=1S/C21H28N2O3S/c24-27(25)21(15-8-16-22-17-9-4-5-10-17)26-20-14-7-6-13-19(20)23(27)18-11-2-1-3-12-18/h1-3,6-7,11-14,17,21-22,24-25H,4-5,8-10,15-16H2. The maximum atomic E-state index is 11.1. The van der Waals surface area contributed by atoms with E-state index in [1.165, 1.54) is 25.7 Å². The number of anilines is 2. The normalized spacial score (nSPS) is 22.9. The molecule has 146 valence electrons. The van der Waals surface area contributed by atoms with Gasteiger partial charge in [-0.1, -0.05) is 53.9 Å². The van der Waals surface area contributed by atoms with E-state index in [1.54, 1.807) is 4.31 Å². The third-order valence-electron chi connectivity index (χ3n) is 5.36. The first-order chi connectivity index (χ1) is 13.2. The van der Waals surface area contributed by atoms with E-state index in [-0.39, 0.29) is 0 Å². The van der Waals surface area contributed by atoms with Crippen molar-refractivity contribution in [2.45, 2.75) is 50.0 Å². The zero-order chi connectivity index (χ0) is 18.7. The van der Waals surface area contributed by atoms with Crippen LogP contribution in [0.4, 0.5) is 11.4 Å². The van der Waals surface area contributed by atoms with Gasteiger partial charge in [-0.25, -0.2) is 4.31 Å². The van der Waals surface area contributed by atoms with Crippen LogP contribution in [-0.2, 0) is 0 Å². The highest BCUT2D eigenvalue weighted by molar-refractivity contribution is 8.26. The van der Waals surface area contributed by atoms with E-state index in [0.717, 1.165) is 18.7 Å². The summed E-state index contributed by atoms with van der Waals surface area (Å²) in [5.41, 5.74) is 0.823. The summed E-state index contributed by atoms with van der Waals surface area (Å²) in [5.74, 6) is 0.696. The molecule has 27 heavy (non-hydrogen) atoms. The van der Waals surface area contributed by atoms with Crippen LogP contribution in [0.25, 0.3) is 0 Å². The number of para-hydroxylation sites is 3.